The van der Waals surface area contributed by atoms with Gasteiger partial charge in [0.1, 0.15) is 6.10 Å². The Kier molecular flexibility index (Phi) is 7.20. The molecule has 31 heavy (non-hydrogen) atoms. The number of anilines is 1. The van der Waals surface area contributed by atoms with Gasteiger partial charge in [0.05, 0.1) is 29.7 Å². The number of hydrogen-bond acceptors (Lipinski definition) is 8. The van der Waals surface area contributed by atoms with Crippen molar-refractivity contribution in [2.75, 3.05) is 19.0 Å². The first-order valence-corrected chi connectivity index (χ1v) is 11.5. The van der Waals surface area contributed by atoms with Crippen LogP contribution in [-0.2, 0) is 4.74 Å². The van der Waals surface area contributed by atoms with Gasteiger partial charge in [-0.15, -0.1) is 0 Å². The van der Waals surface area contributed by atoms with Crippen LogP contribution < -0.4 is 10.1 Å². The molecule has 2 aliphatic carbocycles. The summed E-state index contributed by atoms with van der Waals surface area (Å²) in [4.78, 5) is 14.0. The van der Waals surface area contributed by atoms with Gasteiger partial charge in [0.25, 0.3) is 0 Å². The third-order valence-corrected chi connectivity index (χ3v) is 6.46. The molecule has 0 unspecified atom stereocenters. The molecule has 0 spiro atoms. The van der Waals surface area contributed by atoms with Gasteiger partial charge in [0.15, 0.2) is 0 Å². The first-order valence-electron chi connectivity index (χ1n) is 11.5. The number of fused-ring (bicyclic) bond motifs is 1. The van der Waals surface area contributed by atoms with E-state index in [0.717, 1.165) is 67.8 Å². The zero-order valence-corrected chi connectivity index (χ0v) is 18.5. The molecular formula is C23H34N4O4. The summed E-state index contributed by atoms with van der Waals surface area (Å²) in [6.45, 7) is 2.59. The fourth-order valence-corrected chi connectivity index (χ4v) is 4.70. The van der Waals surface area contributed by atoms with Crippen molar-refractivity contribution in [1.29, 1.82) is 0 Å². The van der Waals surface area contributed by atoms with E-state index in [-0.39, 0.29) is 24.4 Å². The lowest BCUT2D eigenvalue weighted by atomic mass is 9.83. The summed E-state index contributed by atoms with van der Waals surface area (Å²) in [5.41, 5.74) is 1.96. The first-order chi connectivity index (χ1) is 15.0. The summed E-state index contributed by atoms with van der Waals surface area (Å²) in [6, 6.07) is 0.0851. The van der Waals surface area contributed by atoms with E-state index < -0.39 is 0 Å². The minimum atomic E-state index is -0.223. The van der Waals surface area contributed by atoms with Crippen molar-refractivity contribution in [2.24, 2.45) is 0 Å². The summed E-state index contributed by atoms with van der Waals surface area (Å²) in [5, 5.41) is 23.8. The molecule has 8 heteroatoms. The van der Waals surface area contributed by atoms with Crippen LogP contribution in [0.15, 0.2) is 12.4 Å². The lowest BCUT2D eigenvalue weighted by Crippen LogP contribution is -2.27. The maximum atomic E-state index is 9.93. The molecule has 2 aromatic heterocycles. The van der Waals surface area contributed by atoms with Gasteiger partial charge in [-0.25, -0.2) is 15.0 Å². The van der Waals surface area contributed by atoms with Crippen molar-refractivity contribution >= 4 is 16.9 Å². The molecule has 2 heterocycles. The summed E-state index contributed by atoms with van der Waals surface area (Å²) < 4.78 is 11.5. The van der Waals surface area contributed by atoms with E-state index in [1.165, 1.54) is 0 Å². The average molecular weight is 431 g/mol. The molecular weight excluding hydrogens is 396 g/mol. The number of methoxy groups -OCH3 is 1. The molecule has 2 aromatic rings. The highest BCUT2D eigenvalue weighted by atomic mass is 16.5. The molecule has 2 saturated carbocycles. The normalized spacial score (nSPS) is 27.7. The molecule has 0 aromatic carbocycles. The molecule has 8 nitrogen and oxygen atoms in total. The second-order valence-electron chi connectivity index (χ2n) is 9.03. The smallest absolute Gasteiger partial charge is 0.224 e. The topological polar surface area (TPSA) is 110 Å². The van der Waals surface area contributed by atoms with Crippen molar-refractivity contribution in [3.8, 4) is 5.88 Å². The quantitative estimate of drug-likeness (QED) is 0.614. The number of nitrogens with one attached hydrogen (secondary N) is 1. The predicted molar refractivity (Wildman–Crippen MR) is 118 cm³/mol. The molecule has 0 bridgehead atoms. The molecule has 3 N–H and O–H groups in total. The molecule has 2 aliphatic rings. The van der Waals surface area contributed by atoms with Gasteiger partial charge in [-0.1, -0.05) is 0 Å². The molecule has 1 atom stereocenters. The highest BCUT2D eigenvalue weighted by Crippen LogP contribution is 2.38. The molecule has 0 radical (unpaired) electrons. The zero-order chi connectivity index (χ0) is 21.8. The van der Waals surface area contributed by atoms with E-state index >= 15 is 0 Å². The van der Waals surface area contributed by atoms with E-state index in [0.29, 0.717) is 24.4 Å². The van der Waals surface area contributed by atoms with Crippen molar-refractivity contribution in [3.63, 3.8) is 0 Å². The Labute approximate surface area is 183 Å². The number of hydrogen-bond donors (Lipinski definition) is 3. The Hall–Kier alpha value is -2.03. The monoisotopic (exact) mass is 430 g/mol. The largest absolute Gasteiger partial charge is 0.474 e. The predicted octanol–water partition coefficient (Wildman–Crippen LogP) is 3.17. The van der Waals surface area contributed by atoms with Gasteiger partial charge in [0, 0.05) is 31.1 Å². The number of pyridine rings is 1. The molecule has 0 saturated heterocycles. The van der Waals surface area contributed by atoms with Crippen molar-refractivity contribution in [3.05, 3.63) is 18.0 Å². The standard InChI is InChI=1S/C23H34N4O4/c1-14(13-30-2)26-23-25-12-20-21(27-23)19(15-3-5-16(28)6-4-15)11-24-22(20)31-18-9-7-17(29)8-10-18/h11-12,14-18,28-29H,3-10,13H2,1-2H3,(H,25,26,27)/t14-,15-,16-,17-,18-/m0/s1. The number of rotatable bonds is 7. The zero-order valence-electron chi connectivity index (χ0n) is 18.5. The third kappa shape index (κ3) is 5.42. The lowest BCUT2D eigenvalue weighted by Gasteiger charge is -2.28. The van der Waals surface area contributed by atoms with Crippen LogP contribution in [0.3, 0.4) is 0 Å². The Balaban J connectivity index is 1.65. The summed E-state index contributed by atoms with van der Waals surface area (Å²) in [6.07, 6.45) is 9.92. The maximum absolute atomic E-state index is 9.93. The van der Waals surface area contributed by atoms with Gasteiger partial charge in [-0.05, 0) is 64.2 Å². The number of aliphatic hydroxyl groups excluding tert-OH is 2. The van der Waals surface area contributed by atoms with Crippen LogP contribution in [0.2, 0.25) is 0 Å². The number of aliphatic hydroxyl groups is 2. The fourth-order valence-electron chi connectivity index (χ4n) is 4.70. The molecule has 0 amide bonds. The van der Waals surface area contributed by atoms with Crippen LogP contribution >= 0.6 is 0 Å². The summed E-state index contributed by atoms with van der Waals surface area (Å²) in [5.74, 6) is 1.44. The van der Waals surface area contributed by atoms with E-state index in [1.54, 1.807) is 13.3 Å². The minimum absolute atomic E-state index is 0.0503. The second-order valence-corrected chi connectivity index (χ2v) is 9.03. The Bertz CT molecular complexity index is 864. The molecule has 4 rings (SSSR count). The van der Waals surface area contributed by atoms with Gasteiger partial charge in [-0.3, -0.25) is 0 Å². The van der Waals surface area contributed by atoms with Gasteiger partial charge in [0.2, 0.25) is 11.8 Å². The van der Waals surface area contributed by atoms with Crippen LogP contribution in [0.25, 0.3) is 10.9 Å². The lowest BCUT2D eigenvalue weighted by molar-refractivity contribution is 0.0651. The van der Waals surface area contributed by atoms with E-state index in [2.05, 4.69) is 15.3 Å². The SMILES string of the molecule is COC[C@H](C)Nc1ncc2c(O[C@H]3CC[C@H](O)CC3)ncc([C@H]3CC[C@H](O)CC3)c2n1. The van der Waals surface area contributed by atoms with Crippen molar-refractivity contribution in [2.45, 2.75) is 88.6 Å². The summed E-state index contributed by atoms with van der Waals surface area (Å²) >= 11 is 0. The van der Waals surface area contributed by atoms with Crippen LogP contribution in [-0.4, -0.2) is 63.2 Å². The number of aromatic nitrogens is 3. The van der Waals surface area contributed by atoms with Crippen LogP contribution in [0.1, 0.15) is 69.8 Å². The average Bonchev–Trinajstić information content (AvgIpc) is 2.76. The molecule has 0 aliphatic heterocycles. The second kappa shape index (κ2) is 10.1. The number of nitrogens with zero attached hydrogens (tertiary/aromatic N) is 3. The first kappa shape index (κ1) is 22.2. The molecule has 170 valence electrons. The van der Waals surface area contributed by atoms with E-state index in [1.807, 2.05) is 13.1 Å². The number of ether oxygens (including phenoxy) is 2. The maximum Gasteiger partial charge on any atom is 0.224 e. The highest BCUT2D eigenvalue weighted by Gasteiger charge is 2.26. The minimum Gasteiger partial charge on any atom is -0.474 e. The Morgan fingerprint density at radius 3 is 2.35 bits per heavy atom. The van der Waals surface area contributed by atoms with Gasteiger partial charge < -0.3 is 25.0 Å². The van der Waals surface area contributed by atoms with Crippen LogP contribution in [0.4, 0.5) is 5.95 Å². The summed E-state index contributed by atoms with van der Waals surface area (Å²) in [7, 11) is 1.68. The van der Waals surface area contributed by atoms with Gasteiger partial charge in [-0.2, -0.15) is 0 Å². The van der Waals surface area contributed by atoms with Crippen LogP contribution in [0, 0.1) is 0 Å². The van der Waals surface area contributed by atoms with Crippen molar-refractivity contribution < 1.29 is 19.7 Å². The van der Waals surface area contributed by atoms with Crippen molar-refractivity contribution in [1.82, 2.24) is 15.0 Å². The van der Waals surface area contributed by atoms with Crippen LogP contribution in [0.5, 0.6) is 5.88 Å². The van der Waals surface area contributed by atoms with Gasteiger partial charge >= 0.3 is 0 Å². The van der Waals surface area contributed by atoms with E-state index in [9.17, 15) is 10.2 Å². The Morgan fingerprint density at radius 1 is 1.00 bits per heavy atom. The van der Waals surface area contributed by atoms with E-state index in [4.69, 9.17) is 14.5 Å². The molecule has 2 fully saturated rings. The third-order valence-electron chi connectivity index (χ3n) is 6.46. The Morgan fingerprint density at radius 2 is 1.68 bits per heavy atom. The fraction of sp³-hybridized carbons (Fsp3) is 0.696. The highest BCUT2D eigenvalue weighted by molar-refractivity contribution is 5.86.